The molecular formula is C36H38O3. The molecule has 3 nitrogen and oxygen atoms in total. The first kappa shape index (κ1) is 27.9. The molecule has 0 N–H and O–H groups in total. The van der Waals surface area contributed by atoms with E-state index in [0.29, 0.717) is 12.2 Å². The molecule has 4 aromatic rings. The van der Waals surface area contributed by atoms with Crippen LogP contribution in [0, 0.1) is 0 Å². The standard InChI is InChI=1S/C36H38O3/c1-28(2)36(37)39-25-24-38-35-33(22-20-30-14-8-4-9-15-30)26-32(19-18-29-12-6-3-7-13-29)27-34(35)23-21-31-16-10-5-11-17-31/h3-17,26-27H,1,18-25H2,2H3. The summed E-state index contributed by atoms with van der Waals surface area (Å²) >= 11 is 0. The maximum Gasteiger partial charge on any atom is 0.333 e. The molecule has 4 rings (SSSR count). The molecule has 0 saturated carbocycles. The fraction of sp³-hybridized carbons (Fsp3) is 0.250. The number of hydrogen-bond donors (Lipinski definition) is 0. The number of ether oxygens (including phenoxy) is 2. The number of rotatable bonds is 14. The fourth-order valence-corrected chi connectivity index (χ4v) is 4.71. The number of aryl methyl sites for hydroxylation is 6. The number of hydrogen-bond acceptors (Lipinski definition) is 3. The summed E-state index contributed by atoms with van der Waals surface area (Å²) in [5.41, 5.74) is 8.08. The van der Waals surface area contributed by atoms with Gasteiger partial charge in [-0.15, -0.1) is 0 Å². The van der Waals surface area contributed by atoms with Crippen molar-refractivity contribution in [3.05, 3.63) is 149 Å². The van der Waals surface area contributed by atoms with Crippen LogP contribution in [0.25, 0.3) is 0 Å². The van der Waals surface area contributed by atoms with Gasteiger partial charge in [0.2, 0.25) is 0 Å². The van der Waals surface area contributed by atoms with Crippen molar-refractivity contribution in [2.24, 2.45) is 0 Å². The molecule has 0 amide bonds. The number of carbonyl (C=O) groups is 1. The smallest absolute Gasteiger partial charge is 0.333 e. The molecule has 0 aliphatic carbocycles. The molecule has 0 saturated heterocycles. The van der Waals surface area contributed by atoms with E-state index in [9.17, 15) is 4.79 Å². The summed E-state index contributed by atoms with van der Waals surface area (Å²) in [5.74, 6) is 0.542. The van der Waals surface area contributed by atoms with Gasteiger partial charge >= 0.3 is 5.97 Å². The second kappa shape index (κ2) is 14.7. The first-order valence-corrected chi connectivity index (χ1v) is 13.8. The van der Waals surface area contributed by atoms with Crippen LogP contribution in [0.3, 0.4) is 0 Å². The van der Waals surface area contributed by atoms with Gasteiger partial charge < -0.3 is 9.47 Å². The maximum atomic E-state index is 11.9. The van der Waals surface area contributed by atoms with Gasteiger partial charge in [0.25, 0.3) is 0 Å². The van der Waals surface area contributed by atoms with Gasteiger partial charge in [0.1, 0.15) is 19.0 Å². The van der Waals surface area contributed by atoms with E-state index in [1.807, 2.05) is 0 Å². The third kappa shape index (κ3) is 9.00. The van der Waals surface area contributed by atoms with E-state index in [1.54, 1.807) is 6.92 Å². The minimum atomic E-state index is -0.386. The molecule has 0 radical (unpaired) electrons. The Balaban J connectivity index is 1.59. The van der Waals surface area contributed by atoms with Crippen LogP contribution in [0.5, 0.6) is 5.75 Å². The molecule has 0 atom stereocenters. The van der Waals surface area contributed by atoms with Gasteiger partial charge in [0.15, 0.2) is 0 Å². The van der Waals surface area contributed by atoms with Crippen molar-refractivity contribution in [3.8, 4) is 5.75 Å². The molecule has 0 spiro atoms. The van der Waals surface area contributed by atoms with Crippen molar-refractivity contribution in [3.63, 3.8) is 0 Å². The van der Waals surface area contributed by atoms with Crippen LogP contribution in [0.2, 0.25) is 0 Å². The van der Waals surface area contributed by atoms with Gasteiger partial charge in [-0.3, -0.25) is 0 Å². The van der Waals surface area contributed by atoms with Crippen LogP contribution in [0.1, 0.15) is 40.3 Å². The highest BCUT2D eigenvalue weighted by Gasteiger charge is 2.15. The Morgan fingerprint density at radius 3 is 1.44 bits per heavy atom. The Hall–Kier alpha value is -4.11. The lowest BCUT2D eigenvalue weighted by atomic mass is 9.93. The van der Waals surface area contributed by atoms with Crippen molar-refractivity contribution in [2.75, 3.05) is 13.2 Å². The highest BCUT2D eigenvalue weighted by molar-refractivity contribution is 5.86. The van der Waals surface area contributed by atoms with E-state index in [1.165, 1.54) is 33.4 Å². The normalized spacial score (nSPS) is 10.7. The Bertz CT molecular complexity index is 1260. The van der Waals surface area contributed by atoms with Crippen molar-refractivity contribution in [1.82, 2.24) is 0 Å². The molecule has 0 aliphatic heterocycles. The van der Waals surface area contributed by atoms with Crippen molar-refractivity contribution >= 4 is 5.97 Å². The fourth-order valence-electron chi connectivity index (χ4n) is 4.71. The van der Waals surface area contributed by atoms with Gasteiger partial charge in [0, 0.05) is 5.57 Å². The Kier molecular flexibility index (Phi) is 10.5. The quantitative estimate of drug-likeness (QED) is 0.0983. The van der Waals surface area contributed by atoms with E-state index in [-0.39, 0.29) is 12.6 Å². The number of esters is 1. The molecule has 0 aliphatic rings. The number of carbonyl (C=O) groups excluding carboxylic acids is 1. The SMILES string of the molecule is C=C(C)C(=O)OCCOc1c(CCc2ccccc2)cc(CCc2ccccc2)cc1CCc1ccccc1. The zero-order chi connectivity index (χ0) is 27.3. The van der Waals surface area contributed by atoms with E-state index in [2.05, 4.69) is 110 Å². The molecular weight excluding hydrogens is 480 g/mol. The molecule has 0 aromatic heterocycles. The maximum absolute atomic E-state index is 11.9. The second-order valence-electron chi connectivity index (χ2n) is 9.96. The lowest BCUT2D eigenvalue weighted by Gasteiger charge is -2.19. The summed E-state index contributed by atoms with van der Waals surface area (Å²) in [5, 5.41) is 0. The minimum absolute atomic E-state index is 0.192. The highest BCUT2D eigenvalue weighted by atomic mass is 16.6. The second-order valence-corrected chi connectivity index (χ2v) is 9.96. The largest absolute Gasteiger partial charge is 0.489 e. The van der Waals surface area contributed by atoms with Crippen molar-refractivity contribution in [1.29, 1.82) is 0 Å². The molecule has 3 heteroatoms. The van der Waals surface area contributed by atoms with E-state index in [0.717, 1.165) is 44.3 Å². The van der Waals surface area contributed by atoms with Crippen LogP contribution in [0.15, 0.2) is 115 Å². The lowest BCUT2D eigenvalue weighted by molar-refractivity contribution is -0.139. The summed E-state index contributed by atoms with van der Waals surface area (Å²) in [7, 11) is 0. The molecule has 200 valence electrons. The topological polar surface area (TPSA) is 35.5 Å². The van der Waals surface area contributed by atoms with Crippen LogP contribution in [-0.2, 0) is 48.1 Å². The van der Waals surface area contributed by atoms with Crippen LogP contribution < -0.4 is 4.74 Å². The molecule has 0 heterocycles. The van der Waals surface area contributed by atoms with Gasteiger partial charge in [-0.05, 0) is 78.8 Å². The molecule has 4 aromatic carbocycles. The van der Waals surface area contributed by atoms with Crippen LogP contribution in [0.4, 0.5) is 0 Å². The zero-order valence-electron chi connectivity index (χ0n) is 22.9. The third-order valence-electron chi connectivity index (χ3n) is 6.81. The average molecular weight is 519 g/mol. The Morgan fingerprint density at radius 2 is 1.00 bits per heavy atom. The number of benzene rings is 4. The molecule has 39 heavy (non-hydrogen) atoms. The predicted molar refractivity (Wildman–Crippen MR) is 159 cm³/mol. The van der Waals surface area contributed by atoms with E-state index >= 15 is 0 Å². The molecule has 0 bridgehead atoms. The van der Waals surface area contributed by atoms with Crippen LogP contribution in [-0.4, -0.2) is 19.2 Å². The van der Waals surface area contributed by atoms with Gasteiger partial charge in [-0.1, -0.05) is 110 Å². The molecule has 0 unspecified atom stereocenters. The molecule has 0 fully saturated rings. The Labute approximate surface area is 233 Å². The van der Waals surface area contributed by atoms with Gasteiger partial charge in [-0.2, -0.15) is 0 Å². The monoisotopic (exact) mass is 518 g/mol. The van der Waals surface area contributed by atoms with E-state index in [4.69, 9.17) is 9.47 Å². The summed E-state index contributed by atoms with van der Waals surface area (Å²) in [6.07, 6.45) is 5.58. The summed E-state index contributed by atoms with van der Waals surface area (Å²) in [6, 6.07) is 36.4. The highest BCUT2D eigenvalue weighted by Crippen LogP contribution is 2.30. The Morgan fingerprint density at radius 1 is 0.590 bits per heavy atom. The first-order chi connectivity index (χ1) is 19.1. The van der Waals surface area contributed by atoms with Crippen molar-refractivity contribution in [2.45, 2.75) is 45.4 Å². The predicted octanol–water partition coefficient (Wildman–Crippen LogP) is 7.54. The van der Waals surface area contributed by atoms with Gasteiger partial charge in [-0.25, -0.2) is 4.79 Å². The first-order valence-electron chi connectivity index (χ1n) is 13.8. The minimum Gasteiger partial charge on any atom is -0.489 e. The van der Waals surface area contributed by atoms with E-state index < -0.39 is 0 Å². The summed E-state index contributed by atoms with van der Waals surface area (Å²) < 4.78 is 11.7. The average Bonchev–Trinajstić information content (AvgIpc) is 2.98. The van der Waals surface area contributed by atoms with Crippen molar-refractivity contribution < 1.29 is 14.3 Å². The summed E-state index contributed by atoms with van der Waals surface area (Å²) in [4.78, 5) is 11.9. The van der Waals surface area contributed by atoms with Gasteiger partial charge in [0.05, 0.1) is 0 Å². The third-order valence-corrected chi connectivity index (χ3v) is 6.81. The zero-order valence-corrected chi connectivity index (χ0v) is 22.9. The lowest BCUT2D eigenvalue weighted by Crippen LogP contribution is -2.14. The summed E-state index contributed by atoms with van der Waals surface area (Å²) in [6.45, 7) is 5.81. The van der Waals surface area contributed by atoms with Crippen LogP contribution >= 0.6 is 0 Å².